The highest BCUT2D eigenvalue weighted by Crippen LogP contribution is 2.24. The molecule has 0 heterocycles. The summed E-state index contributed by atoms with van der Waals surface area (Å²) in [5.74, 6) is 0.841. The number of ether oxygens (including phenoxy) is 1. The zero-order valence-corrected chi connectivity index (χ0v) is 12.3. The molecule has 2 aromatic carbocycles. The van der Waals surface area contributed by atoms with E-state index < -0.39 is 0 Å². The molecule has 2 rings (SSSR count). The van der Waals surface area contributed by atoms with E-state index in [1.54, 1.807) is 48.2 Å². The van der Waals surface area contributed by atoms with Crippen molar-refractivity contribution in [2.24, 2.45) is 0 Å². The summed E-state index contributed by atoms with van der Waals surface area (Å²) in [7, 11) is 0. The molecule has 0 saturated carbocycles. The van der Waals surface area contributed by atoms with E-state index in [2.05, 4.69) is 6.58 Å². The molecule has 0 bridgehead atoms. The Labute approximate surface area is 127 Å². The predicted octanol–water partition coefficient (Wildman–Crippen LogP) is 4.84. The van der Waals surface area contributed by atoms with Gasteiger partial charge in [-0.3, -0.25) is 0 Å². The van der Waals surface area contributed by atoms with Crippen LogP contribution >= 0.6 is 23.4 Å². The van der Waals surface area contributed by atoms with E-state index in [1.807, 2.05) is 18.2 Å². The molecule has 4 heteroatoms. The van der Waals surface area contributed by atoms with Crippen molar-refractivity contribution in [1.29, 1.82) is 0 Å². The minimum absolute atomic E-state index is 0.375. The van der Waals surface area contributed by atoms with Gasteiger partial charge in [-0.05, 0) is 36.4 Å². The second kappa shape index (κ2) is 7.17. The second-order valence-electron chi connectivity index (χ2n) is 3.94. The standard InChI is InChI=1S/C16H13ClO2S/c1-2-11-20-15-6-4-3-5-14(15)16(18)19-13-9-7-12(17)8-10-13/h2-10H,1,11H2. The lowest BCUT2D eigenvalue weighted by molar-refractivity contribution is 0.0731. The van der Waals surface area contributed by atoms with Gasteiger partial charge in [0.25, 0.3) is 0 Å². The first kappa shape index (κ1) is 14.7. The van der Waals surface area contributed by atoms with E-state index in [-0.39, 0.29) is 5.97 Å². The minimum Gasteiger partial charge on any atom is -0.423 e. The van der Waals surface area contributed by atoms with Gasteiger partial charge in [-0.25, -0.2) is 4.79 Å². The van der Waals surface area contributed by atoms with Crippen molar-refractivity contribution < 1.29 is 9.53 Å². The second-order valence-corrected chi connectivity index (χ2v) is 5.44. The van der Waals surface area contributed by atoms with Gasteiger partial charge in [-0.1, -0.05) is 29.8 Å². The predicted molar refractivity (Wildman–Crippen MR) is 83.8 cm³/mol. The summed E-state index contributed by atoms with van der Waals surface area (Å²) < 4.78 is 5.34. The van der Waals surface area contributed by atoms with Gasteiger partial charge in [-0.2, -0.15) is 0 Å². The Morgan fingerprint density at radius 2 is 1.90 bits per heavy atom. The number of thioether (sulfide) groups is 1. The first-order valence-corrected chi connectivity index (χ1v) is 7.37. The van der Waals surface area contributed by atoms with Gasteiger partial charge in [-0.15, -0.1) is 18.3 Å². The maximum atomic E-state index is 12.2. The summed E-state index contributed by atoms with van der Waals surface area (Å²) in [5, 5.41) is 0.603. The average molecular weight is 305 g/mol. The lowest BCUT2D eigenvalue weighted by atomic mass is 10.2. The molecule has 0 N–H and O–H groups in total. The molecule has 0 unspecified atom stereocenters. The monoisotopic (exact) mass is 304 g/mol. The third kappa shape index (κ3) is 3.89. The number of hydrogen-bond acceptors (Lipinski definition) is 3. The summed E-state index contributed by atoms with van der Waals surface area (Å²) in [6.45, 7) is 3.68. The minimum atomic E-state index is -0.375. The zero-order chi connectivity index (χ0) is 14.4. The molecular weight excluding hydrogens is 292 g/mol. The summed E-state index contributed by atoms with van der Waals surface area (Å²) in [6, 6.07) is 14.1. The van der Waals surface area contributed by atoms with Crippen LogP contribution < -0.4 is 4.74 Å². The average Bonchev–Trinajstić information content (AvgIpc) is 2.47. The summed E-state index contributed by atoms with van der Waals surface area (Å²) in [6.07, 6.45) is 1.80. The molecule has 0 fully saturated rings. The van der Waals surface area contributed by atoms with Crippen LogP contribution in [0.4, 0.5) is 0 Å². The van der Waals surface area contributed by atoms with Crippen molar-refractivity contribution in [2.45, 2.75) is 4.90 Å². The van der Waals surface area contributed by atoms with Crippen molar-refractivity contribution in [2.75, 3.05) is 5.75 Å². The maximum absolute atomic E-state index is 12.2. The fourth-order valence-corrected chi connectivity index (χ4v) is 2.48. The van der Waals surface area contributed by atoms with E-state index in [0.29, 0.717) is 16.3 Å². The summed E-state index contributed by atoms with van der Waals surface area (Å²) >= 11 is 7.34. The third-order valence-electron chi connectivity index (χ3n) is 2.49. The van der Waals surface area contributed by atoms with Crippen LogP contribution in [0.5, 0.6) is 5.75 Å². The van der Waals surface area contributed by atoms with Crippen molar-refractivity contribution in [3.8, 4) is 5.75 Å². The smallest absolute Gasteiger partial charge is 0.344 e. The quantitative estimate of drug-likeness (QED) is 0.342. The van der Waals surface area contributed by atoms with Crippen molar-refractivity contribution in [1.82, 2.24) is 0 Å². The molecule has 0 atom stereocenters. The molecule has 0 spiro atoms. The van der Waals surface area contributed by atoms with E-state index in [0.717, 1.165) is 10.6 Å². The molecule has 102 valence electrons. The van der Waals surface area contributed by atoms with Gasteiger partial charge in [0.1, 0.15) is 5.75 Å². The van der Waals surface area contributed by atoms with E-state index in [4.69, 9.17) is 16.3 Å². The zero-order valence-electron chi connectivity index (χ0n) is 10.7. The molecule has 0 aliphatic heterocycles. The SMILES string of the molecule is C=CCSc1ccccc1C(=O)Oc1ccc(Cl)cc1. The maximum Gasteiger partial charge on any atom is 0.344 e. The van der Waals surface area contributed by atoms with Crippen LogP contribution in [-0.4, -0.2) is 11.7 Å². The molecule has 0 amide bonds. The summed E-state index contributed by atoms with van der Waals surface area (Å²) in [5.41, 5.74) is 0.550. The van der Waals surface area contributed by atoms with Crippen LogP contribution in [0.15, 0.2) is 66.1 Å². The molecule has 0 aromatic heterocycles. The Kier molecular flexibility index (Phi) is 5.27. The van der Waals surface area contributed by atoms with Crippen LogP contribution in [0.25, 0.3) is 0 Å². The fraction of sp³-hybridized carbons (Fsp3) is 0.0625. The van der Waals surface area contributed by atoms with Gasteiger partial charge >= 0.3 is 5.97 Å². The number of carbonyl (C=O) groups excluding carboxylic acids is 1. The highest BCUT2D eigenvalue weighted by atomic mass is 35.5. The number of hydrogen-bond donors (Lipinski definition) is 0. The van der Waals surface area contributed by atoms with Crippen LogP contribution in [0.2, 0.25) is 5.02 Å². The molecular formula is C16H13ClO2S. The summed E-state index contributed by atoms with van der Waals surface area (Å²) in [4.78, 5) is 13.1. The highest BCUT2D eigenvalue weighted by Gasteiger charge is 2.13. The Morgan fingerprint density at radius 3 is 2.60 bits per heavy atom. The van der Waals surface area contributed by atoms with Crippen LogP contribution in [0, 0.1) is 0 Å². The lowest BCUT2D eigenvalue weighted by Crippen LogP contribution is -2.09. The van der Waals surface area contributed by atoms with Gasteiger partial charge in [0, 0.05) is 15.7 Å². The highest BCUT2D eigenvalue weighted by molar-refractivity contribution is 7.99. The molecule has 20 heavy (non-hydrogen) atoms. The Balaban J connectivity index is 2.16. The molecule has 2 aromatic rings. The van der Waals surface area contributed by atoms with Gasteiger partial charge in [0.05, 0.1) is 5.56 Å². The number of benzene rings is 2. The van der Waals surface area contributed by atoms with Crippen molar-refractivity contribution in [3.63, 3.8) is 0 Å². The van der Waals surface area contributed by atoms with Crippen LogP contribution in [0.3, 0.4) is 0 Å². The largest absolute Gasteiger partial charge is 0.423 e. The number of rotatable bonds is 5. The number of halogens is 1. The normalized spacial score (nSPS) is 10.1. The van der Waals surface area contributed by atoms with E-state index in [9.17, 15) is 4.79 Å². The van der Waals surface area contributed by atoms with E-state index in [1.165, 1.54) is 0 Å². The topological polar surface area (TPSA) is 26.3 Å². The van der Waals surface area contributed by atoms with Gasteiger partial charge in [0.15, 0.2) is 0 Å². The fourth-order valence-electron chi connectivity index (χ4n) is 1.57. The van der Waals surface area contributed by atoms with Crippen LogP contribution in [-0.2, 0) is 0 Å². The van der Waals surface area contributed by atoms with E-state index >= 15 is 0 Å². The Hall–Kier alpha value is -1.71. The number of esters is 1. The molecule has 0 aliphatic rings. The van der Waals surface area contributed by atoms with Gasteiger partial charge in [0.2, 0.25) is 0 Å². The Bertz CT molecular complexity index is 608. The van der Waals surface area contributed by atoms with Crippen molar-refractivity contribution in [3.05, 3.63) is 71.8 Å². The van der Waals surface area contributed by atoms with Crippen LogP contribution in [0.1, 0.15) is 10.4 Å². The molecule has 0 aliphatic carbocycles. The first-order valence-electron chi connectivity index (χ1n) is 6.01. The molecule has 0 radical (unpaired) electrons. The first-order chi connectivity index (χ1) is 9.70. The Morgan fingerprint density at radius 1 is 1.20 bits per heavy atom. The van der Waals surface area contributed by atoms with Gasteiger partial charge < -0.3 is 4.74 Å². The lowest BCUT2D eigenvalue weighted by Gasteiger charge is -2.08. The number of carbonyl (C=O) groups is 1. The molecule has 0 saturated heterocycles. The molecule has 2 nitrogen and oxygen atoms in total. The third-order valence-corrected chi connectivity index (χ3v) is 3.81. The van der Waals surface area contributed by atoms with Crippen molar-refractivity contribution >= 4 is 29.3 Å².